The van der Waals surface area contributed by atoms with Gasteiger partial charge in [0, 0.05) is 31.9 Å². The summed E-state index contributed by atoms with van der Waals surface area (Å²) in [6.45, 7) is 6.72. The predicted molar refractivity (Wildman–Crippen MR) is 104 cm³/mol. The maximum Gasteiger partial charge on any atom is 0.241 e. The topological polar surface area (TPSA) is 35.6 Å². The van der Waals surface area contributed by atoms with Crippen molar-refractivity contribution in [2.45, 2.75) is 19.9 Å². The van der Waals surface area contributed by atoms with Crippen molar-refractivity contribution in [2.75, 3.05) is 36.4 Å². The maximum absolute atomic E-state index is 13.6. The van der Waals surface area contributed by atoms with Crippen molar-refractivity contribution in [1.82, 2.24) is 4.90 Å². The lowest BCUT2D eigenvalue weighted by atomic mass is 10.1. The number of hydrogen-bond donors (Lipinski definition) is 1. The smallest absolute Gasteiger partial charge is 0.241 e. The van der Waals surface area contributed by atoms with Crippen LogP contribution in [0, 0.1) is 12.7 Å². The summed E-state index contributed by atoms with van der Waals surface area (Å²) in [5, 5.41) is 3.55. The number of nitrogens with one attached hydrogen (secondary N) is 1. The van der Waals surface area contributed by atoms with Gasteiger partial charge >= 0.3 is 0 Å². The van der Waals surface area contributed by atoms with Gasteiger partial charge < -0.3 is 10.2 Å². The van der Waals surface area contributed by atoms with Crippen LogP contribution in [0.5, 0.6) is 0 Å². The third kappa shape index (κ3) is 4.17. The zero-order valence-corrected chi connectivity index (χ0v) is 15.8. The van der Waals surface area contributed by atoms with Crippen LogP contribution in [0.4, 0.5) is 15.8 Å². The molecule has 0 aromatic heterocycles. The van der Waals surface area contributed by atoms with Gasteiger partial charge in [-0.1, -0.05) is 29.8 Å². The summed E-state index contributed by atoms with van der Waals surface area (Å²) < 4.78 is 13.6. The molecule has 138 valence electrons. The highest BCUT2D eigenvalue weighted by Gasteiger charge is 2.26. The molecule has 6 heteroatoms. The molecule has 0 aliphatic carbocycles. The van der Waals surface area contributed by atoms with Crippen molar-refractivity contribution in [1.29, 1.82) is 0 Å². The quantitative estimate of drug-likeness (QED) is 0.879. The zero-order valence-electron chi connectivity index (χ0n) is 15.0. The van der Waals surface area contributed by atoms with E-state index < -0.39 is 0 Å². The molecule has 2 aromatic rings. The lowest BCUT2D eigenvalue weighted by Crippen LogP contribution is -2.52. The maximum atomic E-state index is 13.6. The predicted octanol–water partition coefficient (Wildman–Crippen LogP) is 3.94. The second kappa shape index (κ2) is 8.06. The van der Waals surface area contributed by atoms with E-state index in [1.165, 1.54) is 6.07 Å². The Morgan fingerprint density at radius 3 is 2.50 bits per heavy atom. The van der Waals surface area contributed by atoms with Crippen LogP contribution in [0.2, 0.25) is 5.02 Å². The average Bonchev–Trinajstić information content (AvgIpc) is 2.65. The van der Waals surface area contributed by atoms with Gasteiger partial charge in [0.25, 0.3) is 0 Å². The van der Waals surface area contributed by atoms with E-state index in [4.69, 9.17) is 11.6 Å². The lowest BCUT2D eigenvalue weighted by Gasteiger charge is -2.38. The fourth-order valence-electron chi connectivity index (χ4n) is 3.14. The standard InChI is InChI=1S/C20H23ClFN3O/c1-14-7-8-16(13-18(14)22)23-20(26)15(2)24-9-11-25(12-10-24)19-6-4-3-5-17(19)21/h3-8,13,15H,9-12H2,1-2H3,(H,23,26)/t15-/m0/s1. The summed E-state index contributed by atoms with van der Waals surface area (Å²) in [6, 6.07) is 12.3. The van der Waals surface area contributed by atoms with E-state index in [2.05, 4.69) is 15.1 Å². The van der Waals surface area contributed by atoms with Gasteiger partial charge in [-0.15, -0.1) is 0 Å². The van der Waals surface area contributed by atoms with E-state index in [1.807, 2.05) is 31.2 Å². The normalized spacial score (nSPS) is 16.4. The molecule has 0 bridgehead atoms. The first-order chi connectivity index (χ1) is 12.5. The number of halogens is 2. The van der Waals surface area contributed by atoms with Gasteiger partial charge in [-0.25, -0.2) is 4.39 Å². The van der Waals surface area contributed by atoms with Crippen molar-refractivity contribution < 1.29 is 9.18 Å². The fourth-order valence-corrected chi connectivity index (χ4v) is 3.40. The van der Waals surface area contributed by atoms with Crippen LogP contribution in [0.1, 0.15) is 12.5 Å². The Bertz CT molecular complexity index is 790. The lowest BCUT2D eigenvalue weighted by molar-refractivity contribution is -0.120. The summed E-state index contributed by atoms with van der Waals surface area (Å²) in [4.78, 5) is 16.9. The third-order valence-electron chi connectivity index (χ3n) is 4.87. The number of benzene rings is 2. The SMILES string of the molecule is Cc1ccc(NC(=O)[C@H](C)N2CCN(c3ccccc3Cl)CC2)cc1F. The van der Waals surface area contributed by atoms with Crippen LogP contribution >= 0.6 is 11.6 Å². The van der Waals surface area contributed by atoms with E-state index in [-0.39, 0.29) is 17.8 Å². The Morgan fingerprint density at radius 2 is 1.85 bits per heavy atom. The highest BCUT2D eigenvalue weighted by molar-refractivity contribution is 6.33. The van der Waals surface area contributed by atoms with Gasteiger partial charge in [0.05, 0.1) is 16.8 Å². The molecule has 1 aliphatic heterocycles. The molecule has 1 atom stereocenters. The molecule has 3 rings (SSSR count). The second-order valence-electron chi connectivity index (χ2n) is 6.60. The molecule has 0 unspecified atom stereocenters. The fraction of sp³-hybridized carbons (Fsp3) is 0.350. The highest BCUT2D eigenvalue weighted by atomic mass is 35.5. The van der Waals surface area contributed by atoms with Crippen molar-refractivity contribution >= 4 is 28.9 Å². The number of nitrogens with zero attached hydrogens (tertiary/aromatic N) is 2. The van der Waals surface area contributed by atoms with Crippen LogP contribution in [-0.2, 0) is 4.79 Å². The first-order valence-electron chi connectivity index (χ1n) is 8.76. The molecule has 4 nitrogen and oxygen atoms in total. The molecule has 1 N–H and O–H groups in total. The van der Waals surface area contributed by atoms with Crippen molar-refractivity contribution in [3.8, 4) is 0 Å². The minimum absolute atomic E-state index is 0.126. The first-order valence-corrected chi connectivity index (χ1v) is 9.14. The van der Waals surface area contributed by atoms with Crippen molar-refractivity contribution in [3.05, 3.63) is 58.9 Å². The van der Waals surface area contributed by atoms with E-state index in [1.54, 1.807) is 19.1 Å². The number of aryl methyl sites for hydroxylation is 1. The van der Waals surface area contributed by atoms with Crippen LogP contribution in [0.15, 0.2) is 42.5 Å². The largest absolute Gasteiger partial charge is 0.368 e. The second-order valence-corrected chi connectivity index (χ2v) is 7.01. The van der Waals surface area contributed by atoms with Gasteiger partial charge in [-0.05, 0) is 43.7 Å². The summed E-state index contributed by atoms with van der Waals surface area (Å²) >= 11 is 6.27. The summed E-state index contributed by atoms with van der Waals surface area (Å²) in [6.07, 6.45) is 0. The molecule has 1 saturated heterocycles. The molecular formula is C20H23ClFN3O. The molecule has 0 saturated carbocycles. The summed E-state index contributed by atoms with van der Waals surface area (Å²) in [5.41, 5.74) is 2.08. The first kappa shape index (κ1) is 18.7. The number of amides is 1. The summed E-state index contributed by atoms with van der Waals surface area (Å²) in [5.74, 6) is -0.441. The molecule has 1 fully saturated rings. The van der Waals surface area contributed by atoms with E-state index in [0.29, 0.717) is 11.3 Å². The van der Waals surface area contributed by atoms with Gasteiger partial charge in [-0.3, -0.25) is 9.69 Å². The third-order valence-corrected chi connectivity index (χ3v) is 5.19. The monoisotopic (exact) mass is 375 g/mol. The Kier molecular flexibility index (Phi) is 5.79. The number of rotatable bonds is 4. The number of carbonyl (C=O) groups excluding carboxylic acids is 1. The van der Waals surface area contributed by atoms with Gasteiger partial charge in [0.1, 0.15) is 5.82 Å². The van der Waals surface area contributed by atoms with Crippen LogP contribution in [-0.4, -0.2) is 43.0 Å². The summed E-state index contributed by atoms with van der Waals surface area (Å²) in [7, 11) is 0. The van der Waals surface area contributed by atoms with Gasteiger partial charge in [0.2, 0.25) is 5.91 Å². The number of para-hydroxylation sites is 1. The van der Waals surface area contributed by atoms with Crippen LogP contribution < -0.4 is 10.2 Å². The molecule has 1 aliphatic rings. The Hall–Kier alpha value is -2.11. The molecular weight excluding hydrogens is 353 g/mol. The molecule has 0 radical (unpaired) electrons. The van der Waals surface area contributed by atoms with Gasteiger partial charge in [-0.2, -0.15) is 0 Å². The number of carbonyl (C=O) groups is 1. The number of piperazine rings is 1. The van der Waals surface area contributed by atoms with Crippen molar-refractivity contribution in [3.63, 3.8) is 0 Å². The molecule has 0 spiro atoms. The van der Waals surface area contributed by atoms with E-state index in [0.717, 1.165) is 36.9 Å². The Morgan fingerprint density at radius 1 is 1.15 bits per heavy atom. The minimum atomic E-state index is -0.316. The molecule has 1 heterocycles. The van der Waals surface area contributed by atoms with E-state index >= 15 is 0 Å². The molecule has 26 heavy (non-hydrogen) atoms. The Balaban J connectivity index is 1.57. The van der Waals surface area contributed by atoms with E-state index in [9.17, 15) is 9.18 Å². The average molecular weight is 376 g/mol. The Labute approximate surface area is 158 Å². The molecule has 1 amide bonds. The number of hydrogen-bond acceptors (Lipinski definition) is 3. The molecule has 2 aromatic carbocycles. The van der Waals surface area contributed by atoms with Crippen LogP contribution in [0.3, 0.4) is 0 Å². The highest BCUT2D eigenvalue weighted by Crippen LogP contribution is 2.26. The number of anilines is 2. The van der Waals surface area contributed by atoms with Gasteiger partial charge in [0.15, 0.2) is 0 Å². The van der Waals surface area contributed by atoms with Crippen LogP contribution in [0.25, 0.3) is 0 Å². The van der Waals surface area contributed by atoms with Crippen molar-refractivity contribution in [2.24, 2.45) is 0 Å². The zero-order chi connectivity index (χ0) is 18.7. The minimum Gasteiger partial charge on any atom is -0.368 e.